The van der Waals surface area contributed by atoms with Gasteiger partial charge in [-0.3, -0.25) is 9.59 Å². The van der Waals surface area contributed by atoms with Crippen LogP contribution in [-0.4, -0.2) is 27.0 Å². The SMILES string of the molecule is O=C1CCCCN1c1ccc(-c2nc3ccc(Br)cc3c(=O)n2-c2ccc(Cl)cn2)c(F)c1. The minimum Gasteiger partial charge on any atom is -0.312 e. The molecule has 2 aromatic heterocycles. The van der Waals surface area contributed by atoms with E-state index in [1.165, 1.54) is 16.8 Å². The van der Waals surface area contributed by atoms with E-state index in [9.17, 15) is 9.59 Å². The second kappa shape index (κ2) is 8.68. The molecule has 0 N–H and O–H groups in total. The van der Waals surface area contributed by atoms with Gasteiger partial charge in [0.05, 0.1) is 21.5 Å². The number of amides is 1. The van der Waals surface area contributed by atoms with Crippen molar-refractivity contribution < 1.29 is 9.18 Å². The zero-order valence-electron chi connectivity index (χ0n) is 17.3. The van der Waals surface area contributed by atoms with Crippen LogP contribution in [0, 0.1) is 5.82 Å². The minimum atomic E-state index is -0.586. The first-order valence-corrected chi connectivity index (χ1v) is 11.5. The maximum absolute atomic E-state index is 15.4. The molecule has 3 heterocycles. The van der Waals surface area contributed by atoms with E-state index < -0.39 is 5.82 Å². The molecule has 1 amide bonds. The van der Waals surface area contributed by atoms with Crippen molar-refractivity contribution in [3.8, 4) is 17.2 Å². The predicted octanol–water partition coefficient (Wildman–Crippen LogP) is 5.52. The van der Waals surface area contributed by atoms with E-state index in [-0.39, 0.29) is 28.7 Å². The molecule has 5 rings (SSSR count). The van der Waals surface area contributed by atoms with Crippen LogP contribution in [0.3, 0.4) is 0 Å². The smallest absolute Gasteiger partial charge is 0.267 e. The first-order valence-electron chi connectivity index (χ1n) is 10.4. The highest BCUT2D eigenvalue weighted by Crippen LogP contribution is 2.30. The summed E-state index contributed by atoms with van der Waals surface area (Å²) in [6, 6.07) is 12.9. The molecule has 33 heavy (non-hydrogen) atoms. The van der Waals surface area contributed by atoms with Crippen LogP contribution in [0.2, 0.25) is 5.02 Å². The number of hydrogen-bond donors (Lipinski definition) is 0. The largest absolute Gasteiger partial charge is 0.312 e. The van der Waals surface area contributed by atoms with Crippen LogP contribution in [0.5, 0.6) is 0 Å². The first-order chi connectivity index (χ1) is 15.9. The Morgan fingerprint density at radius 2 is 1.88 bits per heavy atom. The number of nitrogens with zero attached hydrogens (tertiary/aromatic N) is 4. The Balaban J connectivity index is 1.72. The van der Waals surface area contributed by atoms with Gasteiger partial charge in [0, 0.05) is 29.3 Å². The molecule has 166 valence electrons. The fraction of sp³-hybridized carbons (Fsp3) is 0.167. The number of pyridine rings is 1. The van der Waals surface area contributed by atoms with Crippen LogP contribution in [0.1, 0.15) is 19.3 Å². The van der Waals surface area contributed by atoms with Gasteiger partial charge in [-0.25, -0.2) is 18.9 Å². The van der Waals surface area contributed by atoms with E-state index in [4.69, 9.17) is 11.6 Å². The summed E-state index contributed by atoms with van der Waals surface area (Å²) in [5, 5.41) is 0.771. The number of fused-ring (bicyclic) bond motifs is 1. The van der Waals surface area contributed by atoms with Crippen LogP contribution < -0.4 is 10.5 Å². The number of halogens is 3. The standard InChI is InChI=1S/C24H17BrClFN4O2/c25-14-4-8-20-18(11-14)24(33)31(21-9-5-15(26)13-28-21)23(29-20)17-7-6-16(12-19(17)27)30-10-2-1-3-22(30)32/h4-9,11-13H,1-3,10H2. The van der Waals surface area contributed by atoms with Crippen LogP contribution in [0.4, 0.5) is 10.1 Å². The number of aromatic nitrogens is 3. The van der Waals surface area contributed by atoms with Crippen LogP contribution >= 0.6 is 27.5 Å². The summed E-state index contributed by atoms with van der Waals surface area (Å²) >= 11 is 9.36. The summed E-state index contributed by atoms with van der Waals surface area (Å²) in [7, 11) is 0. The molecule has 0 radical (unpaired) electrons. The molecule has 0 unspecified atom stereocenters. The molecule has 1 saturated heterocycles. The second-order valence-electron chi connectivity index (χ2n) is 7.74. The molecule has 0 saturated carbocycles. The van der Waals surface area contributed by atoms with Crippen LogP contribution in [0.15, 0.2) is 64.0 Å². The van der Waals surface area contributed by atoms with Crippen molar-refractivity contribution in [2.24, 2.45) is 0 Å². The average Bonchev–Trinajstić information content (AvgIpc) is 2.80. The van der Waals surface area contributed by atoms with Gasteiger partial charge in [-0.2, -0.15) is 0 Å². The molecule has 6 nitrogen and oxygen atoms in total. The maximum atomic E-state index is 15.4. The minimum absolute atomic E-state index is 0.0231. The summed E-state index contributed by atoms with van der Waals surface area (Å²) < 4.78 is 17.4. The van der Waals surface area contributed by atoms with Crippen LogP contribution in [-0.2, 0) is 4.79 Å². The van der Waals surface area contributed by atoms with Gasteiger partial charge >= 0.3 is 0 Å². The fourth-order valence-corrected chi connectivity index (χ4v) is 4.46. The van der Waals surface area contributed by atoms with Crippen molar-refractivity contribution in [2.45, 2.75) is 19.3 Å². The molecule has 1 aliphatic heterocycles. The molecule has 0 atom stereocenters. The highest BCUT2D eigenvalue weighted by atomic mass is 79.9. The third kappa shape index (κ3) is 4.05. The van der Waals surface area contributed by atoms with Crippen LogP contribution in [0.25, 0.3) is 28.1 Å². The lowest BCUT2D eigenvalue weighted by Gasteiger charge is -2.27. The van der Waals surface area contributed by atoms with E-state index in [1.807, 2.05) is 0 Å². The van der Waals surface area contributed by atoms with Gasteiger partial charge in [-0.1, -0.05) is 27.5 Å². The summed E-state index contributed by atoms with van der Waals surface area (Å²) in [5.41, 5.74) is 0.657. The van der Waals surface area contributed by atoms with Crippen molar-refractivity contribution in [3.05, 3.63) is 80.4 Å². The van der Waals surface area contributed by atoms with Crippen molar-refractivity contribution in [1.29, 1.82) is 0 Å². The molecule has 2 aromatic carbocycles. The van der Waals surface area contributed by atoms with Gasteiger partial charge in [0.2, 0.25) is 5.91 Å². The highest BCUT2D eigenvalue weighted by molar-refractivity contribution is 9.10. The Bertz CT molecular complexity index is 1460. The van der Waals surface area contributed by atoms with E-state index in [1.54, 1.807) is 47.4 Å². The Morgan fingerprint density at radius 1 is 1.03 bits per heavy atom. The lowest BCUT2D eigenvalue weighted by Crippen LogP contribution is -2.35. The van der Waals surface area contributed by atoms with Crippen molar-refractivity contribution in [2.75, 3.05) is 11.4 Å². The summed E-state index contributed by atoms with van der Waals surface area (Å²) in [4.78, 5) is 36.2. The molecule has 0 bridgehead atoms. The topological polar surface area (TPSA) is 68.1 Å². The second-order valence-corrected chi connectivity index (χ2v) is 9.09. The third-order valence-electron chi connectivity index (χ3n) is 5.60. The molecular formula is C24H17BrClFN4O2. The first kappa shape index (κ1) is 21.7. The van der Waals surface area contributed by atoms with Gasteiger partial charge in [0.1, 0.15) is 11.6 Å². The number of benzene rings is 2. The van der Waals surface area contributed by atoms with E-state index in [0.29, 0.717) is 34.6 Å². The molecular weight excluding hydrogens is 511 g/mol. The number of rotatable bonds is 3. The predicted molar refractivity (Wildman–Crippen MR) is 129 cm³/mol. The number of anilines is 1. The molecule has 1 aliphatic rings. The monoisotopic (exact) mass is 526 g/mol. The van der Waals surface area contributed by atoms with Gasteiger partial charge in [-0.05, 0) is 61.4 Å². The van der Waals surface area contributed by atoms with Crippen molar-refractivity contribution in [3.63, 3.8) is 0 Å². The Morgan fingerprint density at radius 3 is 2.61 bits per heavy atom. The Kier molecular flexibility index (Phi) is 5.72. The van der Waals surface area contributed by atoms with Gasteiger partial charge < -0.3 is 4.90 Å². The van der Waals surface area contributed by atoms with Crippen molar-refractivity contribution in [1.82, 2.24) is 14.5 Å². The normalized spacial score (nSPS) is 14.2. The number of carbonyl (C=O) groups is 1. The Labute approximate surface area is 201 Å². The number of carbonyl (C=O) groups excluding carboxylic acids is 1. The number of hydrogen-bond acceptors (Lipinski definition) is 4. The van der Waals surface area contributed by atoms with E-state index >= 15 is 4.39 Å². The average molecular weight is 528 g/mol. The maximum Gasteiger partial charge on any atom is 0.267 e. The third-order valence-corrected chi connectivity index (χ3v) is 6.32. The molecule has 4 aromatic rings. The number of piperidine rings is 1. The lowest BCUT2D eigenvalue weighted by molar-refractivity contribution is -0.119. The zero-order valence-corrected chi connectivity index (χ0v) is 19.6. The van der Waals surface area contributed by atoms with E-state index in [2.05, 4.69) is 25.9 Å². The van der Waals surface area contributed by atoms with Gasteiger partial charge in [-0.15, -0.1) is 0 Å². The van der Waals surface area contributed by atoms with Gasteiger partial charge in [0.25, 0.3) is 5.56 Å². The quantitative estimate of drug-likeness (QED) is 0.352. The summed E-state index contributed by atoms with van der Waals surface area (Å²) in [5.74, 6) is -0.232. The molecule has 0 aliphatic carbocycles. The summed E-state index contributed by atoms with van der Waals surface area (Å²) in [6.45, 7) is 0.556. The zero-order chi connectivity index (χ0) is 23.1. The molecule has 1 fully saturated rings. The fourth-order valence-electron chi connectivity index (χ4n) is 3.98. The van der Waals surface area contributed by atoms with Gasteiger partial charge in [0.15, 0.2) is 5.82 Å². The lowest BCUT2D eigenvalue weighted by atomic mass is 10.1. The molecule has 0 spiro atoms. The Hall–Kier alpha value is -3.10. The summed E-state index contributed by atoms with van der Waals surface area (Å²) in [6.07, 6.45) is 3.58. The van der Waals surface area contributed by atoms with Crippen molar-refractivity contribution >= 4 is 50.0 Å². The molecule has 9 heteroatoms. The highest BCUT2D eigenvalue weighted by Gasteiger charge is 2.23. The van der Waals surface area contributed by atoms with E-state index in [0.717, 1.165) is 17.3 Å².